The number of carbonyl (C=O) groups is 1. The number of para-hydroxylation sites is 1. The zero-order valence-corrected chi connectivity index (χ0v) is 19.8. The Morgan fingerprint density at radius 3 is 2.53 bits per heavy atom. The molecule has 0 unspecified atom stereocenters. The van der Waals surface area contributed by atoms with Gasteiger partial charge in [0.05, 0.1) is 10.0 Å². The normalized spacial score (nSPS) is 20.3. The first-order valence-electron chi connectivity index (χ1n) is 11.3. The van der Waals surface area contributed by atoms with Gasteiger partial charge in [0.25, 0.3) is 0 Å². The maximum Gasteiger partial charge on any atom is 0.321 e. The van der Waals surface area contributed by atoms with Crippen molar-refractivity contribution in [3.63, 3.8) is 0 Å². The van der Waals surface area contributed by atoms with Crippen molar-refractivity contribution in [2.75, 3.05) is 56.9 Å². The molecule has 0 aromatic heterocycles. The largest absolute Gasteiger partial charge is 0.398 e. The summed E-state index contributed by atoms with van der Waals surface area (Å²) in [6, 6.07) is 13.2. The highest BCUT2D eigenvalue weighted by Gasteiger charge is 2.26. The number of nitrogens with zero attached hydrogens (tertiary/aromatic N) is 3. The van der Waals surface area contributed by atoms with Gasteiger partial charge in [0.1, 0.15) is 0 Å². The number of carbonyl (C=O) groups excluding carboxylic acids is 1. The van der Waals surface area contributed by atoms with E-state index in [1.54, 1.807) is 18.2 Å². The number of piperidine rings is 1. The number of benzene rings is 2. The Kier molecular flexibility index (Phi) is 7.79. The van der Waals surface area contributed by atoms with E-state index < -0.39 is 0 Å². The van der Waals surface area contributed by atoms with Gasteiger partial charge in [-0.15, -0.1) is 0 Å². The second-order valence-electron chi connectivity index (χ2n) is 8.79. The maximum atomic E-state index is 12.6. The van der Waals surface area contributed by atoms with Gasteiger partial charge in [-0.3, -0.25) is 9.80 Å². The lowest BCUT2D eigenvalue weighted by Crippen LogP contribution is -2.52. The smallest absolute Gasteiger partial charge is 0.321 e. The number of amides is 2. The molecule has 32 heavy (non-hydrogen) atoms. The van der Waals surface area contributed by atoms with Gasteiger partial charge < -0.3 is 16.0 Å². The van der Waals surface area contributed by atoms with Crippen LogP contribution >= 0.6 is 23.2 Å². The van der Waals surface area contributed by atoms with E-state index >= 15 is 0 Å². The fourth-order valence-electron chi connectivity index (χ4n) is 4.64. The van der Waals surface area contributed by atoms with Gasteiger partial charge in [0.2, 0.25) is 0 Å². The first kappa shape index (κ1) is 23.2. The van der Waals surface area contributed by atoms with Gasteiger partial charge in [0, 0.05) is 57.2 Å². The minimum atomic E-state index is -0.0904. The van der Waals surface area contributed by atoms with Crippen LogP contribution in [0.25, 0.3) is 0 Å². The minimum Gasteiger partial charge on any atom is -0.398 e. The molecule has 0 saturated carbocycles. The molecule has 1 atom stereocenters. The molecule has 2 saturated heterocycles. The van der Waals surface area contributed by atoms with Crippen LogP contribution in [0.2, 0.25) is 10.0 Å². The average Bonchev–Trinajstić information content (AvgIpc) is 2.79. The van der Waals surface area contributed by atoms with E-state index in [2.05, 4.69) is 27.2 Å². The minimum absolute atomic E-state index is 0.0904. The Labute approximate surface area is 200 Å². The van der Waals surface area contributed by atoms with E-state index in [0.717, 1.165) is 58.0 Å². The van der Waals surface area contributed by atoms with Crippen LogP contribution in [0, 0.1) is 5.92 Å². The molecule has 2 fully saturated rings. The summed E-state index contributed by atoms with van der Waals surface area (Å²) in [7, 11) is 0. The average molecular weight is 476 g/mol. The van der Waals surface area contributed by atoms with Crippen molar-refractivity contribution in [1.82, 2.24) is 14.7 Å². The Hall–Kier alpha value is -1.99. The van der Waals surface area contributed by atoms with Gasteiger partial charge in [-0.05, 0) is 55.1 Å². The highest BCUT2D eigenvalue weighted by atomic mass is 35.5. The van der Waals surface area contributed by atoms with Crippen LogP contribution in [0.5, 0.6) is 0 Å². The second kappa shape index (κ2) is 10.8. The summed E-state index contributed by atoms with van der Waals surface area (Å²) in [5.41, 5.74) is 8.89. The van der Waals surface area contributed by atoms with Gasteiger partial charge >= 0.3 is 6.03 Å². The molecule has 172 valence electrons. The maximum absolute atomic E-state index is 12.6. The van der Waals surface area contributed by atoms with Crippen LogP contribution in [0.1, 0.15) is 18.4 Å². The fourth-order valence-corrected chi connectivity index (χ4v) is 4.94. The topological polar surface area (TPSA) is 64.8 Å². The number of hydrogen-bond acceptors (Lipinski definition) is 4. The van der Waals surface area contributed by atoms with Crippen LogP contribution in [0.3, 0.4) is 0 Å². The van der Waals surface area contributed by atoms with E-state index in [1.807, 2.05) is 17.0 Å². The van der Waals surface area contributed by atoms with Crippen LogP contribution in [0.4, 0.5) is 16.2 Å². The molecule has 2 heterocycles. The number of likely N-dealkylation sites (tertiary alicyclic amines) is 1. The van der Waals surface area contributed by atoms with Crippen LogP contribution in [-0.4, -0.2) is 66.5 Å². The van der Waals surface area contributed by atoms with E-state index in [1.165, 1.54) is 18.4 Å². The summed E-state index contributed by atoms with van der Waals surface area (Å²) in [5.74, 6) is 0.658. The summed E-state index contributed by atoms with van der Waals surface area (Å²) in [5, 5.41) is 3.83. The summed E-state index contributed by atoms with van der Waals surface area (Å²) in [6.07, 6.45) is 2.49. The van der Waals surface area contributed by atoms with Crippen molar-refractivity contribution < 1.29 is 4.79 Å². The quantitative estimate of drug-likeness (QED) is 0.618. The van der Waals surface area contributed by atoms with Crippen molar-refractivity contribution in [2.24, 2.45) is 5.92 Å². The first-order valence-corrected chi connectivity index (χ1v) is 12.0. The van der Waals surface area contributed by atoms with E-state index in [4.69, 9.17) is 28.9 Å². The molecule has 2 amide bonds. The summed E-state index contributed by atoms with van der Waals surface area (Å²) in [4.78, 5) is 19.5. The Morgan fingerprint density at radius 1 is 1.00 bits per heavy atom. The fraction of sp³-hybridized carbons (Fsp3) is 0.458. The molecule has 2 aliphatic rings. The molecule has 3 N–H and O–H groups in total. The van der Waals surface area contributed by atoms with Crippen molar-refractivity contribution in [3.05, 3.63) is 58.1 Å². The van der Waals surface area contributed by atoms with Gasteiger partial charge in [-0.25, -0.2) is 4.79 Å². The van der Waals surface area contributed by atoms with Crippen LogP contribution in [0.15, 0.2) is 42.5 Å². The molecule has 2 aromatic carbocycles. The lowest BCUT2D eigenvalue weighted by molar-refractivity contribution is 0.0985. The monoisotopic (exact) mass is 475 g/mol. The molecule has 0 aliphatic carbocycles. The second-order valence-corrected chi connectivity index (χ2v) is 9.60. The Bertz CT molecular complexity index is 932. The number of nitrogens with one attached hydrogen (secondary N) is 1. The van der Waals surface area contributed by atoms with Gasteiger partial charge in [-0.2, -0.15) is 0 Å². The van der Waals surface area contributed by atoms with Gasteiger partial charge in [0.15, 0.2) is 0 Å². The molecule has 8 heteroatoms. The molecule has 0 radical (unpaired) electrons. The number of hydrogen-bond donors (Lipinski definition) is 2. The van der Waals surface area contributed by atoms with Crippen LogP contribution in [-0.2, 0) is 6.54 Å². The summed E-state index contributed by atoms with van der Waals surface area (Å²) >= 11 is 12.0. The Morgan fingerprint density at radius 2 is 1.78 bits per heavy atom. The SMILES string of the molecule is Nc1ccccc1CN1CCC[C@@H](CN2CCN(C(=O)Nc3ccc(Cl)c(Cl)c3)CC2)C1. The summed E-state index contributed by atoms with van der Waals surface area (Å²) in [6.45, 7) is 7.50. The van der Waals surface area contributed by atoms with Crippen LogP contribution < -0.4 is 11.1 Å². The number of urea groups is 1. The molecule has 4 rings (SSSR count). The molecule has 2 aliphatic heterocycles. The molecule has 0 bridgehead atoms. The van der Waals surface area contributed by atoms with Crippen molar-refractivity contribution in [3.8, 4) is 0 Å². The third-order valence-electron chi connectivity index (χ3n) is 6.40. The zero-order valence-electron chi connectivity index (χ0n) is 18.3. The molecule has 6 nitrogen and oxygen atoms in total. The molecule has 0 spiro atoms. The Balaban J connectivity index is 1.22. The number of anilines is 2. The number of rotatable bonds is 5. The zero-order chi connectivity index (χ0) is 22.5. The number of halogens is 2. The molecular formula is C24H31Cl2N5O. The third kappa shape index (κ3) is 6.07. The highest BCUT2D eigenvalue weighted by Crippen LogP contribution is 2.25. The predicted octanol–water partition coefficient (Wildman–Crippen LogP) is 4.64. The summed E-state index contributed by atoms with van der Waals surface area (Å²) < 4.78 is 0. The lowest BCUT2D eigenvalue weighted by atomic mass is 9.96. The van der Waals surface area contributed by atoms with Crippen molar-refractivity contribution in [2.45, 2.75) is 19.4 Å². The van der Waals surface area contributed by atoms with Crippen molar-refractivity contribution in [1.29, 1.82) is 0 Å². The molecular weight excluding hydrogens is 445 g/mol. The van der Waals surface area contributed by atoms with E-state index in [-0.39, 0.29) is 6.03 Å². The van der Waals surface area contributed by atoms with E-state index in [0.29, 0.717) is 21.7 Å². The first-order chi connectivity index (χ1) is 15.5. The van der Waals surface area contributed by atoms with E-state index in [9.17, 15) is 4.79 Å². The number of piperazine rings is 1. The van der Waals surface area contributed by atoms with Gasteiger partial charge in [-0.1, -0.05) is 41.4 Å². The predicted molar refractivity (Wildman–Crippen MR) is 132 cm³/mol. The number of nitrogens with two attached hydrogens (primary N) is 1. The molecule has 2 aromatic rings. The lowest BCUT2D eigenvalue weighted by Gasteiger charge is -2.39. The van der Waals surface area contributed by atoms with Crippen molar-refractivity contribution >= 4 is 40.6 Å². The highest BCUT2D eigenvalue weighted by molar-refractivity contribution is 6.42. The standard InChI is InChI=1S/C24H31Cl2N5O/c25-21-8-7-20(14-22(21)26)28-24(32)31-12-10-29(11-13-31)15-18-4-3-9-30(16-18)17-19-5-1-2-6-23(19)27/h1-2,5-8,14,18H,3-4,9-13,15-17,27H2,(H,28,32)/t18-/m0/s1. The number of nitrogen functional groups attached to an aromatic ring is 1. The third-order valence-corrected chi connectivity index (χ3v) is 7.14.